The first-order valence-corrected chi connectivity index (χ1v) is 8.16. The minimum absolute atomic E-state index is 0.0597. The van der Waals surface area contributed by atoms with Gasteiger partial charge in [0.2, 0.25) is 0 Å². The van der Waals surface area contributed by atoms with Crippen LogP contribution in [0.25, 0.3) is 6.08 Å². The minimum Gasteiger partial charge on any atom is -0.504 e. The highest BCUT2D eigenvalue weighted by atomic mass is 16.5. The first-order valence-electron chi connectivity index (χ1n) is 8.16. The van der Waals surface area contributed by atoms with E-state index in [2.05, 4.69) is 0 Å². The molecule has 27 heavy (non-hydrogen) atoms. The average Bonchev–Trinajstić information content (AvgIpc) is 2.70. The van der Waals surface area contributed by atoms with Crippen LogP contribution < -0.4 is 14.2 Å². The van der Waals surface area contributed by atoms with Crippen molar-refractivity contribution in [2.75, 3.05) is 20.8 Å². The van der Waals surface area contributed by atoms with E-state index in [1.807, 2.05) is 0 Å². The highest BCUT2D eigenvalue weighted by Gasteiger charge is 2.24. The molecule has 7 nitrogen and oxygen atoms in total. The number of carbonyl (C=O) groups is 1. The van der Waals surface area contributed by atoms with Gasteiger partial charge in [-0.2, -0.15) is 0 Å². The standard InChI is InChI=1S/C20H22O7/c1-25-17-11-14(6-7-15(17)23)20(24)19(12-22)27-16-8-5-13(4-3-9-21)10-18(16)26-2/h3-11,19-20,22-24H,12H2,1-2H3/b4-3-/t19-,20-/m0/s1. The number of hydrogen-bond acceptors (Lipinski definition) is 7. The molecule has 0 heterocycles. The van der Waals surface area contributed by atoms with E-state index in [0.29, 0.717) is 23.3 Å². The number of ether oxygens (including phenoxy) is 3. The molecule has 0 fully saturated rings. The van der Waals surface area contributed by atoms with E-state index in [0.717, 1.165) is 5.56 Å². The van der Waals surface area contributed by atoms with Crippen molar-refractivity contribution in [3.63, 3.8) is 0 Å². The van der Waals surface area contributed by atoms with Crippen molar-refractivity contribution in [1.29, 1.82) is 0 Å². The second kappa shape index (κ2) is 9.61. The van der Waals surface area contributed by atoms with Gasteiger partial charge in [0.1, 0.15) is 12.4 Å². The van der Waals surface area contributed by atoms with Gasteiger partial charge in [0.25, 0.3) is 0 Å². The summed E-state index contributed by atoms with van der Waals surface area (Å²) < 4.78 is 16.1. The summed E-state index contributed by atoms with van der Waals surface area (Å²) in [7, 11) is 2.86. The third-order valence-electron chi connectivity index (χ3n) is 3.91. The van der Waals surface area contributed by atoms with Crippen LogP contribution in [0.1, 0.15) is 17.2 Å². The molecule has 0 aliphatic heterocycles. The van der Waals surface area contributed by atoms with Gasteiger partial charge < -0.3 is 29.5 Å². The first kappa shape index (κ1) is 20.3. The SMILES string of the molecule is COc1cc([C@H](O)[C@H](CO)Oc2ccc(/C=C\C=O)cc2OC)ccc1O. The maximum atomic E-state index is 10.6. The molecule has 0 radical (unpaired) electrons. The van der Waals surface area contributed by atoms with Crippen LogP contribution in [0.2, 0.25) is 0 Å². The summed E-state index contributed by atoms with van der Waals surface area (Å²) >= 11 is 0. The van der Waals surface area contributed by atoms with Crippen LogP contribution in [-0.2, 0) is 4.79 Å². The van der Waals surface area contributed by atoms with Gasteiger partial charge in [0, 0.05) is 0 Å². The highest BCUT2D eigenvalue weighted by Crippen LogP contribution is 2.34. The van der Waals surface area contributed by atoms with E-state index in [-0.39, 0.29) is 11.5 Å². The topological polar surface area (TPSA) is 105 Å². The van der Waals surface area contributed by atoms with Crippen LogP contribution in [0, 0.1) is 0 Å². The predicted octanol–water partition coefficient (Wildman–Crippen LogP) is 2.09. The largest absolute Gasteiger partial charge is 0.504 e. The van der Waals surface area contributed by atoms with Gasteiger partial charge in [0.05, 0.1) is 20.8 Å². The van der Waals surface area contributed by atoms with E-state index in [1.54, 1.807) is 24.3 Å². The molecule has 0 aliphatic rings. The van der Waals surface area contributed by atoms with Gasteiger partial charge in [-0.05, 0) is 41.5 Å². The van der Waals surface area contributed by atoms with Crippen molar-refractivity contribution in [3.8, 4) is 23.0 Å². The highest BCUT2D eigenvalue weighted by molar-refractivity contribution is 5.74. The molecular weight excluding hydrogens is 352 g/mol. The summed E-state index contributed by atoms with van der Waals surface area (Å²) in [6, 6.07) is 9.37. The summed E-state index contributed by atoms with van der Waals surface area (Å²) in [5.74, 6) is 0.851. The van der Waals surface area contributed by atoms with E-state index < -0.39 is 18.8 Å². The number of benzene rings is 2. The Morgan fingerprint density at radius 2 is 1.78 bits per heavy atom. The fraction of sp³-hybridized carbons (Fsp3) is 0.250. The lowest BCUT2D eigenvalue weighted by molar-refractivity contribution is -0.104. The van der Waals surface area contributed by atoms with E-state index in [4.69, 9.17) is 14.2 Å². The lowest BCUT2D eigenvalue weighted by atomic mass is 10.0. The Morgan fingerprint density at radius 3 is 2.41 bits per heavy atom. The molecule has 0 spiro atoms. The Bertz CT molecular complexity index is 801. The zero-order chi connectivity index (χ0) is 19.8. The fourth-order valence-corrected chi connectivity index (χ4v) is 2.49. The van der Waals surface area contributed by atoms with Crippen LogP contribution in [-0.4, -0.2) is 48.5 Å². The summed E-state index contributed by atoms with van der Waals surface area (Å²) in [4.78, 5) is 10.4. The smallest absolute Gasteiger partial charge is 0.161 e. The normalized spacial score (nSPS) is 13.2. The van der Waals surface area contributed by atoms with Gasteiger partial charge in [-0.15, -0.1) is 0 Å². The van der Waals surface area contributed by atoms with Gasteiger partial charge in [-0.1, -0.05) is 18.2 Å². The van der Waals surface area contributed by atoms with Crippen LogP contribution in [0.15, 0.2) is 42.5 Å². The number of rotatable bonds is 9. The van der Waals surface area contributed by atoms with Crippen LogP contribution in [0.5, 0.6) is 23.0 Å². The Kier molecular flexibility index (Phi) is 7.22. The summed E-state index contributed by atoms with van der Waals surface area (Å²) in [5, 5.41) is 29.9. The number of phenols is 1. The monoisotopic (exact) mass is 374 g/mol. The van der Waals surface area contributed by atoms with E-state index in [9.17, 15) is 20.1 Å². The molecule has 3 N–H and O–H groups in total. The summed E-state index contributed by atoms with van der Waals surface area (Å²) in [6.07, 6.45) is 1.48. The van der Waals surface area contributed by atoms with Gasteiger partial charge in [-0.25, -0.2) is 0 Å². The lowest BCUT2D eigenvalue weighted by Crippen LogP contribution is -2.29. The lowest BCUT2D eigenvalue weighted by Gasteiger charge is -2.24. The van der Waals surface area contributed by atoms with Gasteiger partial charge >= 0.3 is 0 Å². The number of allylic oxidation sites excluding steroid dienone is 1. The van der Waals surface area contributed by atoms with Crippen LogP contribution in [0.3, 0.4) is 0 Å². The molecular formula is C20H22O7. The number of aldehydes is 1. The van der Waals surface area contributed by atoms with Crippen LogP contribution >= 0.6 is 0 Å². The molecule has 0 saturated heterocycles. The minimum atomic E-state index is -1.18. The summed E-state index contributed by atoms with van der Waals surface area (Å²) in [5.41, 5.74) is 1.14. The number of hydrogen-bond donors (Lipinski definition) is 3. The first-order chi connectivity index (χ1) is 13.0. The molecule has 7 heteroatoms. The van der Waals surface area contributed by atoms with Crippen molar-refractivity contribution in [3.05, 3.63) is 53.6 Å². The average molecular weight is 374 g/mol. The van der Waals surface area contributed by atoms with Crippen molar-refractivity contribution in [2.24, 2.45) is 0 Å². The number of aliphatic hydroxyl groups excluding tert-OH is 2. The Morgan fingerprint density at radius 1 is 1.04 bits per heavy atom. The van der Waals surface area contributed by atoms with Gasteiger partial charge in [-0.3, -0.25) is 4.79 Å². The number of aliphatic hydroxyl groups is 2. The third kappa shape index (κ3) is 4.99. The number of phenolic OH excluding ortho intramolecular Hbond substituents is 1. The van der Waals surface area contributed by atoms with Crippen molar-refractivity contribution < 1.29 is 34.3 Å². The Balaban J connectivity index is 2.25. The molecule has 2 rings (SSSR count). The molecule has 2 aromatic rings. The van der Waals surface area contributed by atoms with E-state index >= 15 is 0 Å². The van der Waals surface area contributed by atoms with Crippen molar-refractivity contribution in [2.45, 2.75) is 12.2 Å². The number of methoxy groups -OCH3 is 2. The third-order valence-corrected chi connectivity index (χ3v) is 3.91. The molecule has 0 bridgehead atoms. The predicted molar refractivity (Wildman–Crippen MR) is 99.2 cm³/mol. The second-order valence-corrected chi connectivity index (χ2v) is 5.62. The molecule has 2 atom stereocenters. The Hall–Kier alpha value is -3.03. The zero-order valence-corrected chi connectivity index (χ0v) is 15.0. The van der Waals surface area contributed by atoms with Crippen molar-refractivity contribution in [1.82, 2.24) is 0 Å². The molecule has 0 saturated carbocycles. The molecule has 2 aromatic carbocycles. The number of aromatic hydroxyl groups is 1. The maximum absolute atomic E-state index is 10.6. The molecule has 0 aliphatic carbocycles. The summed E-state index contributed by atoms with van der Waals surface area (Å²) in [6.45, 7) is -0.458. The molecule has 0 amide bonds. The van der Waals surface area contributed by atoms with E-state index in [1.165, 1.54) is 38.5 Å². The van der Waals surface area contributed by atoms with Crippen LogP contribution in [0.4, 0.5) is 0 Å². The second-order valence-electron chi connectivity index (χ2n) is 5.62. The van der Waals surface area contributed by atoms with Gasteiger partial charge in [0.15, 0.2) is 29.1 Å². The number of carbonyl (C=O) groups excluding carboxylic acids is 1. The fourth-order valence-electron chi connectivity index (χ4n) is 2.49. The molecule has 0 aromatic heterocycles. The van der Waals surface area contributed by atoms with Crippen molar-refractivity contribution >= 4 is 12.4 Å². The molecule has 144 valence electrons. The zero-order valence-electron chi connectivity index (χ0n) is 15.0. The molecule has 0 unspecified atom stereocenters. The maximum Gasteiger partial charge on any atom is 0.161 e. The Labute approximate surface area is 157 Å². The quantitative estimate of drug-likeness (QED) is 0.456.